The summed E-state index contributed by atoms with van der Waals surface area (Å²) in [5.41, 5.74) is 1.60. The van der Waals surface area contributed by atoms with Crippen LogP contribution in [0.2, 0.25) is 10.0 Å². The summed E-state index contributed by atoms with van der Waals surface area (Å²) in [6.07, 6.45) is 0.315. The van der Waals surface area contributed by atoms with Crippen molar-refractivity contribution in [2.24, 2.45) is 0 Å². The maximum absolute atomic E-state index is 12.3. The van der Waals surface area contributed by atoms with E-state index < -0.39 is 6.03 Å². The summed E-state index contributed by atoms with van der Waals surface area (Å²) >= 11 is 11.7. The van der Waals surface area contributed by atoms with Crippen LogP contribution in [0.25, 0.3) is 0 Å². The number of nitrogens with zero attached hydrogens (tertiary/aromatic N) is 1. The number of likely N-dealkylation sites (tertiary alicyclic amines) is 1. The number of urea groups is 1. The standard InChI is InChI=1S/C17H14Cl2N2O2/c18-13-3-1-11(2-4-13)12-9-16(22)21(10-12)17(23)20-15-7-5-14(19)6-8-15/h1-8,12H,9-10H2,(H,20,23)/t12-/m1/s1. The highest BCUT2D eigenvalue weighted by Crippen LogP contribution is 2.29. The normalized spacial score (nSPS) is 17.4. The van der Waals surface area contributed by atoms with E-state index in [4.69, 9.17) is 23.2 Å². The van der Waals surface area contributed by atoms with E-state index in [2.05, 4.69) is 5.32 Å². The Bertz CT molecular complexity index is 729. The minimum absolute atomic E-state index is 0.00395. The summed E-state index contributed by atoms with van der Waals surface area (Å²) in [4.78, 5) is 25.7. The summed E-state index contributed by atoms with van der Waals surface area (Å²) in [5, 5.41) is 3.94. The molecule has 1 fully saturated rings. The highest BCUT2D eigenvalue weighted by molar-refractivity contribution is 6.30. The van der Waals surface area contributed by atoms with Crippen molar-refractivity contribution < 1.29 is 9.59 Å². The van der Waals surface area contributed by atoms with E-state index in [1.165, 1.54) is 4.90 Å². The molecule has 1 saturated heterocycles. The molecule has 1 N–H and O–H groups in total. The van der Waals surface area contributed by atoms with Crippen LogP contribution in [0, 0.1) is 0 Å². The van der Waals surface area contributed by atoms with Crippen LogP contribution in [0.1, 0.15) is 17.9 Å². The van der Waals surface area contributed by atoms with Gasteiger partial charge in [-0.15, -0.1) is 0 Å². The van der Waals surface area contributed by atoms with Crippen molar-refractivity contribution in [3.05, 3.63) is 64.1 Å². The van der Waals surface area contributed by atoms with Crippen LogP contribution < -0.4 is 5.32 Å². The lowest BCUT2D eigenvalue weighted by atomic mass is 9.98. The van der Waals surface area contributed by atoms with E-state index in [-0.39, 0.29) is 11.8 Å². The SMILES string of the molecule is O=C1C[C@@H](c2ccc(Cl)cc2)CN1C(=O)Nc1ccc(Cl)cc1. The maximum atomic E-state index is 12.3. The first kappa shape index (κ1) is 15.8. The van der Waals surface area contributed by atoms with Gasteiger partial charge in [0.15, 0.2) is 0 Å². The second-order valence-electron chi connectivity index (χ2n) is 5.39. The quantitative estimate of drug-likeness (QED) is 0.865. The second-order valence-corrected chi connectivity index (χ2v) is 6.27. The van der Waals surface area contributed by atoms with Gasteiger partial charge in [-0.3, -0.25) is 9.69 Å². The van der Waals surface area contributed by atoms with Gasteiger partial charge in [-0.25, -0.2) is 4.79 Å². The number of nitrogens with one attached hydrogen (secondary N) is 1. The van der Waals surface area contributed by atoms with E-state index >= 15 is 0 Å². The fourth-order valence-corrected chi connectivity index (χ4v) is 2.84. The Morgan fingerprint density at radius 3 is 2.17 bits per heavy atom. The van der Waals surface area contributed by atoms with E-state index in [1.807, 2.05) is 12.1 Å². The Morgan fingerprint density at radius 1 is 1.00 bits per heavy atom. The minimum Gasteiger partial charge on any atom is -0.307 e. The number of rotatable bonds is 2. The van der Waals surface area contributed by atoms with Crippen LogP contribution >= 0.6 is 23.2 Å². The summed E-state index contributed by atoms with van der Waals surface area (Å²) in [6.45, 7) is 0.361. The van der Waals surface area contributed by atoms with Crippen molar-refractivity contribution in [3.63, 3.8) is 0 Å². The van der Waals surface area contributed by atoms with Crippen molar-refractivity contribution in [2.75, 3.05) is 11.9 Å². The van der Waals surface area contributed by atoms with E-state index in [0.717, 1.165) is 5.56 Å². The zero-order chi connectivity index (χ0) is 16.4. The molecule has 0 bridgehead atoms. The van der Waals surface area contributed by atoms with Crippen molar-refractivity contribution in [1.82, 2.24) is 4.90 Å². The molecule has 0 radical (unpaired) electrons. The van der Waals surface area contributed by atoms with Crippen LogP contribution in [-0.4, -0.2) is 23.4 Å². The van der Waals surface area contributed by atoms with Crippen molar-refractivity contribution in [1.29, 1.82) is 0 Å². The van der Waals surface area contributed by atoms with E-state index in [1.54, 1.807) is 36.4 Å². The number of carbonyl (C=O) groups is 2. The molecule has 0 aromatic heterocycles. The molecule has 2 aromatic carbocycles. The average Bonchev–Trinajstić information content (AvgIpc) is 2.92. The summed E-state index contributed by atoms with van der Waals surface area (Å²) in [5.74, 6) is -0.188. The molecule has 0 aliphatic carbocycles. The van der Waals surface area contributed by atoms with Gasteiger partial charge in [0, 0.05) is 34.6 Å². The molecule has 0 saturated carbocycles. The molecule has 4 nitrogen and oxygen atoms in total. The minimum atomic E-state index is -0.422. The van der Waals surface area contributed by atoms with Crippen LogP contribution in [0.3, 0.4) is 0 Å². The molecular formula is C17H14Cl2N2O2. The first-order valence-corrected chi connectivity index (χ1v) is 7.91. The summed E-state index contributed by atoms with van der Waals surface area (Å²) in [6, 6.07) is 13.7. The molecule has 3 amide bonds. The molecule has 6 heteroatoms. The second kappa shape index (κ2) is 6.60. The van der Waals surface area contributed by atoms with Gasteiger partial charge in [0.25, 0.3) is 0 Å². The van der Waals surface area contributed by atoms with Crippen LogP contribution in [0.4, 0.5) is 10.5 Å². The molecule has 2 aromatic rings. The number of carbonyl (C=O) groups excluding carboxylic acids is 2. The lowest BCUT2D eigenvalue weighted by molar-refractivity contribution is -0.125. The zero-order valence-electron chi connectivity index (χ0n) is 12.1. The fraction of sp³-hybridized carbons (Fsp3) is 0.176. The maximum Gasteiger partial charge on any atom is 0.328 e. The summed E-state index contributed by atoms with van der Waals surface area (Å²) in [7, 11) is 0. The molecule has 1 atom stereocenters. The molecule has 118 valence electrons. The van der Waals surface area contributed by atoms with Gasteiger partial charge >= 0.3 is 6.03 Å². The molecule has 1 aliphatic rings. The van der Waals surface area contributed by atoms with Crippen LogP contribution in [0.15, 0.2) is 48.5 Å². The highest BCUT2D eigenvalue weighted by atomic mass is 35.5. The Kier molecular flexibility index (Phi) is 4.55. The molecule has 0 unspecified atom stereocenters. The predicted octanol–water partition coefficient (Wildman–Crippen LogP) is 4.54. The molecular weight excluding hydrogens is 335 g/mol. The number of hydrogen-bond acceptors (Lipinski definition) is 2. The number of imide groups is 1. The molecule has 3 rings (SSSR count). The van der Waals surface area contributed by atoms with E-state index in [0.29, 0.717) is 28.7 Å². The third-order valence-corrected chi connectivity index (χ3v) is 4.31. The Morgan fingerprint density at radius 2 is 1.57 bits per heavy atom. The number of benzene rings is 2. The predicted molar refractivity (Wildman–Crippen MR) is 91.0 cm³/mol. The monoisotopic (exact) mass is 348 g/mol. The van der Waals surface area contributed by atoms with Gasteiger partial charge in [0.2, 0.25) is 5.91 Å². The molecule has 1 aliphatic heterocycles. The topological polar surface area (TPSA) is 49.4 Å². The van der Waals surface area contributed by atoms with Crippen LogP contribution in [0.5, 0.6) is 0 Å². The molecule has 0 spiro atoms. The van der Waals surface area contributed by atoms with Crippen molar-refractivity contribution >= 4 is 40.8 Å². The summed E-state index contributed by atoms with van der Waals surface area (Å²) < 4.78 is 0. The number of hydrogen-bond donors (Lipinski definition) is 1. The van der Waals surface area contributed by atoms with Gasteiger partial charge in [-0.05, 0) is 42.0 Å². The Balaban J connectivity index is 1.68. The smallest absolute Gasteiger partial charge is 0.307 e. The first-order chi connectivity index (χ1) is 11.0. The number of amides is 3. The third kappa shape index (κ3) is 3.66. The first-order valence-electron chi connectivity index (χ1n) is 7.15. The highest BCUT2D eigenvalue weighted by Gasteiger charge is 2.34. The largest absolute Gasteiger partial charge is 0.328 e. The Hall–Kier alpha value is -2.04. The lowest BCUT2D eigenvalue weighted by Crippen LogP contribution is -2.36. The van der Waals surface area contributed by atoms with E-state index in [9.17, 15) is 9.59 Å². The Labute approximate surface area is 144 Å². The number of anilines is 1. The van der Waals surface area contributed by atoms with Gasteiger partial charge in [0.05, 0.1) is 0 Å². The zero-order valence-corrected chi connectivity index (χ0v) is 13.6. The van der Waals surface area contributed by atoms with Gasteiger partial charge < -0.3 is 5.32 Å². The van der Waals surface area contributed by atoms with Gasteiger partial charge in [-0.2, -0.15) is 0 Å². The van der Waals surface area contributed by atoms with Crippen molar-refractivity contribution in [2.45, 2.75) is 12.3 Å². The molecule has 23 heavy (non-hydrogen) atoms. The third-order valence-electron chi connectivity index (χ3n) is 3.81. The fourth-order valence-electron chi connectivity index (χ4n) is 2.59. The van der Waals surface area contributed by atoms with Gasteiger partial charge in [0.1, 0.15) is 0 Å². The lowest BCUT2D eigenvalue weighted by Gasteiger charge is -2.16. The van der Waals surface area contributed by atoms with Crippen LogP contribution in [-0.2, 0) is 4.79 Å². The van der Waals surface area contributed by atoms with Crippen molar-refractivity contribution in [3.8, 4) is 0 Å². The number of halogens is 2. The van der Waals surface area contributed by atoms with Gasteiger partial charge in [-0.1, -0.05) is 35.3 Å². The molecule has 1 heterocycles. The average molecular weight is 349 g/mol.